The second kappa shape index (κ2) is 10.8. The third kappa shape index (κ3) is 5.57. The summed E-state index contributed by atoms with van der Waals surface area (Å²) in [5, 5.41) is 6.21. The highest BCUT2D eigenvalue weighted by molar-refractivity contribution is 7.71. The molecule has 210 valence electrons. The van der Waals surface area contributed by atoms with Crippen molar-refractivity contribution >= 4 is 64.6 Å². The molecule has 1 saturated carbocycles. The minimum absolute atomic E-state index is 0.0191. The fourth-order valence-corrected chi connectivity index (χ4v) is 6.20. The second-order valence-corrected chi connectivity index (χ2v) is 13.0. The van der Waals surface area contributed by atoms with Crippen LogP contribution in [0.1, 0.15) is 65.4 Å². The van der Waals surface area contributed by atoms with Crippen molar-refractivity contribution in [1.29, 1.82) is 0 Å². The minimum atomic E-state index is -0.0438. The monoisotopic (exact) mass is 555 g/mol. The lowest BCUT2D eigenvalue weighted by atomic mass is 9.81. The summed E-state index contributed by atoms with van der Waals surface area (Å²) in [4.78, 5) is 21.9. The molecule has 40 heavy (non-hydrogen) atoms. The van der Waals surface area contributed by atoms with Gasteiger partial charge in [0, 0.05) is 35.1 Å². The van der Waals surface area contributed by atoms with Crippen LogP contribution in [0.3, 0.4) is 0 Å². The van der Waals surface area contributed by atoms with Crippen molar-refractivity contribution in [3.05, 3.63) is 57.9 Å². The Bertz CT molecular complexity index is 1730. The molecule has 1 fully saturated rings. The number of carbonyl (C=O) groups excluding carboxylic acids is 1. The fourth-order valence-electron chi connectivity index (χ4n) is 5.94. The van der Waals surface area contributed by atoms with E-state index in [-0.39, 0.29) is 17.2 Å². The summed E-state index contributed by atoms with van der Waals surface area (Å²) in [5.41, 5.74) is 4.73. The maximum Gasteiger partial charge on any atom is 0.228 e. The van der Waals surface area contributed by atoms with Gasteiger partial charge in [-0.3, -0.25) is 4.79 Å². The standard InChI is InChI=1S/C33H41N5OS/c1-8-20(2)25-15-16-26-27(17-25)34-30(28-29(26)38(32(40)35-28)19-33(5,6)7)36-31(39)24-13-11-23(12-14-24)18-37-21(3)9-10-22(37)4/h9-10,15-17,23-24H,2-4,8,11-14,18-19H2,1,5-7H3,(H,35,40)(H,34,36,39). The molecule has 6 nitrogen and oxygen atoms in total. The molecule has 4 aromatic rings. The van der Waals surface area contributed by atoms with Crippen LogP contribution in [0.25, 0.3) is 40.7 Å². The lowest BCUT2D eigenvalue weighted by Crippen LogP contribution is -2.32. The predicted octanol–water partition coefficient (Wildman–Crippen LogP) is 6.78. The first-order valence-corrected chi connectivity index (χ1v) is 14.7. The molecular weight excluding hydrogens is 514 g/mol. The zero-order valence-electron chi connectivity index (χ0n) is 24.3. The van der Waals surface area contributed by atoms with Crippen molar-refractivity contribution in [3.8, 4) is 0 Å². The Balaban J connectivity index is 1.45. The quantitative estimate of drug-likeness (QED) is 0.247. The molecule has 0 saturated heterocycles. The van der Waals surface area contributed by atoms with Gasteiger partial charge in [-0.1, -0.05) is 59.6 Å². The van der Waals surface area contributed by atoms with Crippen molar-refractivity contribution in [1.82, 2.24) is 19.1 Å². The average Bonchev–Trinajstić information content (AvgIpc) is 3.40. The average molecular weight is 556 g/mol. The number of fused-ring (bicyclic) bond motifs is 3. The van der Waals surface area contributed by atoms with Crippen LogP contribution in [0.2, 0.25) is 0 Å². The zero-order valence-corrected chi connectivity index (χ0v) is 25.1. The first-order valence-electron chi connectivity index (χ1n) is 14.3. The van der Waals surface area contributed by atoms with E-state index in [1.54, 1.807) is 0 Å². The summed E-state index contributed by atoms with van der Waals surface area (Å²) in [7, 11) is 0. The number of imidazole rings is 1. The number of pyridine rings is 1. The van der Waals surface area contributed by atoms with Crippen LogP contribution in [0.15, 0.2) is 36.9 Å². The molecule has 7 heteroatoms. The molecule has 0 atom stereocenters. The highest BCUT2D eigenvalue weighted by Crippen LogP contribution is 2.35. The highest BCUT2D eigenvalue weighted by Gasteiger charge is 2.28. The van der Waals surface area contributed by atoms with Gasteiger partial charge in [-0.05, 0) is 85.0 Å². The molecule has 1 aliphatic carbocycles. The van der Waals surface area contributed by atoms with Crippen LogP contribution in [-0.4, -0.2) is 25.0 Å². The highest BCUT2D eigenvalue weighted by atomic mass is 32.1. The Kier molecular flexibility index (Phi) is 7.62. The molecule has 5 rings (SSSR count). The molecule has 1 aliphatic rings. The van der Waals surface area contributed by atoms with Gasteiger partial charge in [-0.25, -0.2) is 4.98 Å². The van der Waals surface area contributed by atoms with Crippen LogP contribution < -0.4 is 16.0 Å². The molecule has 0 aliphatic heterocycles. The topological polar surface area (TPSA) is 67.6 Å². The first-order chi connectivity index (χ1) is 18.9. The number of nitrogens with zero attached hydrogens (tertiary/aromatic N) is 3. The number of hydrogen-bond acceptors (Lipinski definition) is 3. The van der Waals surface area contributed by atoms with Gasteiger partial charge in [0.25, 0.3) is 0 Å². The molecule has 3 heterocycles. The van der Waals surface area contributed by atoms with Crippen molar-refractivity contribution in [2.45, 2.75) is 72.9 Å². The molecule has 2 N–H and O–H groups in total. The fraction of sp³-hybridized carbons (Fsp3) is 0.424. The van der Waals surface area contributed by atoms with Gasteiger partial charge in [0.2, 0.25) is 5.91 Å². The number of amides is 1. The number of aromatic nitrogens is 4. The van der Waals surface area contributed by atoms with Gasteiger partial charge < -0.3 is 19.4 Å². The summed E-state index contributed by atoms with van der Waals surface area (Å²) >= 11 is 5.79. The minimum Gasteiger partial charge on any atom is -0.342 e. The SMILES string of the molecule is C=C(CC)c1ccc2c(c1)nc(NC(=O)C1CCC(Cn3c(=C)ccc3=C)CC1)c1[nH]c(=S)n(CC(C)(C)C)c12. The maximum absolute atomic E-state index is 13.6. The summed E-state index contributed by atoms with van der Waals surface area (Å²) in [6, 6.07) is 10.3. The Labute approximate surface area is 241 Å². The summed E-state index contributed by atoms with van der Waals surface area (Å²) in [6.07, 6.45) is 4.58. The smallest absolute Gasteiger partial charge is 0.228 e. The first kappa shape index (κ1) is 28.1. The van der Waals surface area contributed by atoms with E-state index in [2.05, 4.69) is 85.1 Å². The summed E-state index contributed by atoms with van der Waals surface area (Å²) in [5.74, 6) is 1.05. The molecular formula is C33H41N5OS. The zero-order chi connectivity index (χ0) is 28.8. The Morgan fingerprint density at radius 1 is 1.10 bits per heavy atom. The number of aromatic amines is 1. The Hall–Kier alpha value is -3.45. The summed E-state index contributed by atoms with van der Waals surface area (Å²) in [6.45, 7) is 22.8. The van der Waals surface area contributed by atoms with Gasteiger partial charge >= 0.3 is 0 Å². The molecule has 3 aromatic heterocycles. The van der Waals surface area contributed by atoms with Crippen LogP contribution >= 0.6 is 12.2 Å². The second-order valence-electron chi connectivity index (χ2n) is 12.6. The predicted molar refractivity (Wildman–Crippen MR) is 170 cm³/mol. The van der Waals surface area contributed by atoms with Gasteiger partial charge in [0.05, 0.1) is 11.0 Å². The molecule has 0 unspecified atom stereocenters. The lowest BCUT2D eigenvalue weighted by Gasteiger charge is -2.28. The number of hydrogen-bond donors (Lipinski definition) is 2. The van der Waals surface area contributed by atoms with E-state index in [4.69, 9.17) is 17.2 Å². The number of allylic oxidation sites excluding steroid dienone is 1. The third-order valence-electron chi connectivity index (χ3n) is 8.23. The number of rotatable bonds is 7. The van der Waals surface area contributed by atoms with E-state index in [0.717, 1.165) is 89.0 Å². The van der Waals surface area contributed by atoms with E-state index < -0.39 is 0 Å². The van der Waals surface area contributed by atoms with Gasteiger partial charge in [0.15, 0.2) is 10.6 Å². The molecule has 1 amide bonds. The van der Waals surface area contributed by atoms with Crippen LogP contribution in [0.5, 0.6) is 0 Å². The maximum atomic E-state index is 13.6. The van der Waals surface area contributed by atoms with Crippen molar-refractivity contribution in [2.24, 2.45) is 17.3 Å². The van der Waals surface area contributed by atoms with Gasteiger partial charge in [-0.15, -0.1) is 0 Å². The van der Waals surface area contributed by atoms with E-state index in [0.29, 0.717) is 16.5 Å². The van der Waals surface area contributed by atoms with Crippen molar-refractivity contribution < 1.29 is 4.79 Å². The molecule has 0 spiro atoms. The number of benzene rings is 1. The lowest BCUT2D eigenvalue weighted by molar-refractivity contribution is -0.121. The van der Waals surface area contributed by atoms with E-state index in [9.17, 15) is 4.79 Å². The van der Waals surface area contributed by atoms with Crippen LogP contribution in [0, 0.1) is 22.0 Å². The third-order valence-corrected chi connectivity index (χ3v) is 8.56. The molecule has 1 aromatic carbocycles. The van der Waals surface area contributed by atoms with Gasteiger partial charge in [0.1, 0.15) is 5.52 Å². The van der Waals surface area contributed by atoms with E-state index in [1.165, 1.54) is 0 Å². The van der Waals surface area contributed by atoms with Gasteiger partial charge in [-0.2, -0.15) is 0 Å². The normalized spacial score (nSPS) is 17.9. The van der Waals surface area contributed by atoms with Crippen molar-refractivity contribution in [2.75, 3.05) is 5.32 Å². The molecule has 0 bridgehead atoms. The number of carbonyl (C=O) groups is 1. The molecule has 0 radical (unpaired) electrons. The largest absolute Gasteiger partial charge is 0.342 e. The van der Waals surface area contributed by atoms with Crippen LogP contribution in [-0.2, 0) is 17.9 Å². The Morgan fingerprint density at radius 3 is 2.40 bits per heavy atom. The number of anilines is 1. The van der Waals surface area contributed by atoms with E-state index >= 15 is 0 Å². The van der Waals surface area contributed by atoms with E-state index in [1.807, 2.05) is 12.1 Å². The van der Waals surface area contributed by atoms with Crippen molar-refractivity contribution in [3.63, 3.8) is 0 Å². The van der Waals surface area contributed by atoms with Crippen LogP contribution in [0.4, 0.5) is 5.82 Å². The summed E-state index contributed by atoms with van der Waals surface area (Å²) < 4.78 is 4.97. The number of H-pyrrole nitrogens is 1. The number of nitrogens with one attached hydrogen (secondary N) is 2. The Morgan fingerprint density at radius 2 is 1.77 bits per heavy atom.